The molecule has 0 aromatic heterocycles. The Morgan fingerprint density at radius 1 is 1.00 bits per heavy atom. The SMILES string of the molecule is CC(C)CN(Cc1cccc(CN)c1)C(=O)C(=O)Nc1ccc(-c2cccc(F)c2S(N)(=O)=O)cc1. The number of halogens is 1. The van der Waals surface area contributed by atoms with E-state index in [9.17, 15) is 22.4 Å². The summed E-state index contributed by atoms with van der Waals surface area (Å²) in [6.07, 6.45) is 0. The van der Waals surface area contributed by atoms with Crippen LogP contribution >= 0.6 is 0 Å². The summed E-state index contributed by atoms with van der Waals surface area (Å²) in [6.45, 7) is 4.92. The number of sulfonamides is 1. The first-order valence-corrected chi connectivity index (χ1v) is 12.8. The number of benzene rings is 3. The molecular weight excluding hydrogens is 483 g/mol. The van der Waals surface area contributed by atoms with Crippen LogP contribution in [0.25, 0.3) is 11.1 Å². The van der Waals surface area contributed by atoms with Crippen LogP contribution in [0.1, 0.15) is 25.0 Å². The quantitative estimate of drug-likeness (QED) is 0.398. The number of nitrogens with zero attached hydrogens (tertiary/aromatic N) is 1. The Morgan fingerprint density at radius 3 is 2.25 bits per heavy atom. The van der Waals surface area contributed by atoms with E-state index in [2.05, 4.69) is 5.32 Å². The van der Waals surface area contributed by atoms with Gasteiger partial charge in [-0.2, -0.15) is 0 Å². The number of carbonyl (C=O) groups is 2. The van der Waals surface area contributed by atoms with E-state index in [0.717, 1.165) is 17.2 Å². The number of nitrogens with one attached hydrogen (secondary N) is 1. The van der Waals surface area contributed by atoms with Crippen LogP contribution in [0.4, 0.5) is 10.1 Å². The molecule has 0 saturated carbocycles. The first kappa shape index (κ1) is 27.0. The van der Waals surface area contributed by atoms with E-state index >= 15 is 0 Å². The Hall–Kier alpha value is -3.60. The predicted octanol–water partition coefficient (Wildman–Crippen LogP) is 3.22. The summed E-state index contributed by atoms with van der Waals surface area (Å²) in [5, 5.41) is 7.76. The van der Waals surface area contributed by atoms with Gasteiger partial charge in [0.15, 0.2) is 0 Å². The van der Waals surface area contributed by atoms with E-state index in [-0.39, 0.29) is 18.0 Å². The second-order valence-electron chi connectivity index (χ2n) is 8.80. The lowest BCUT2D eigenvalue weighted by atomic mass is 10.1. The third-order valence-electron chi connectivity index (χ3n) is 5.37. The molecule has 0 bridgehead atoms. The molecule has 0 radical (unpaired) electrons. The molecule has 8 nitrogen and oxygen atoms in total. The molecule has 0 saturated heterocycles. The Kier molecular flexibility index (Phi) is 8.57. The summed E-state index contributed by atoms with van der Waals surface area (Å²) >= 11 is 0. The first-order valence-electron chi connectivity index (χ1n) is 11.3. The number of anilines is 1. The van der Waals surface area contributed by atoms with Gasteiger partial charge in [0, 0.05) is 30.9 Å². The van der Waals surface area contributed by atoms with Crippen molar-refractivity contribution in [3.05, 3.63) is 83.7 Å². The maximum absolute atomic E-state index is 14.2. The fourth-order valence-corrected chi connectivity index (χ4v) is 4.65. The van der Waals surface area contributed by atoms with Crippen LogP contribution < -0.4 is 16.2 Å². The zero-order valence-corrected chi connectivity index (χ0v) is 20.9. The van der Waals surface area contributed by atoms with E-state index < -0.39 is 32.6 Å². The lowest BCUT2D eigenvalue weighted by Gasteiger charge is -2.24. The minimum atomic E-state index is -4.30. The largest absolute Gasteiger partial charge is 0.330 e. The van der Waals surface area contributed by atoms with Gasteiger partial charge in [0.2, 0.25) is 10.0 Å². The predicted molar refractivity (Wildman–Crippen MR) is 136 cm³/mol. The molecule has 0 aliphatic heterocycles. The van der Waals surface area contributed by atoms with E-state index in [1.165, 1.54) is 41.3 Å². The van der Waals surface area contributed by atoms with Gasteiger partial charge in [0.25, 0.3) is 0 Å². The van der Waals surface area contributed by atoms with E-state index in [4.69, 9.17) is 10.9 Å². The number of nitrogens with two attached hydrogens (primary N) is 2. The molecule has 0 spiro atoms. The Morgan fingerprint density at radius 2 is 1.64 bits per heavy atom. The smallest absolute Gasteiger partial charge is 0.313 e. The molecule has 3 aromatic carbocycles. The lowest BCUT2D eigenvalue weighted by Crippen LogP contribution is -2.41. The molecule has 3 aromatic rings. The van der Waals surface area contributed by atoms with Gasteiger partial charge in [-0.3, -0.25) is 9.59 Å². The van der Waals surface area contributed by atoms with Crippen molar-refractivity contribution in [1.29, 1.82) is 0 Å². The van der Waals surface area contributed by atoms with Crippen molar-refractivity contribution in [3.63, 3.8) is 0 Å². The molecular formula is C26H29FN4O4S. The van der Waals surface area contributed by atoms with Crippen LogP contribution in [0.2, 0.25) is 0 Å². The zero-order valence-electron chi connectivity index (χ0n) is 20.1. The average Bonchev–Trinajstić information content (AvgIpc) is 2.82. The normalized spacial score (nSPS) is 11.4. The number of carbonyl (C=O) groups excluding carboxylic acids is 2. The van der Waals surface area contributed by atoms with Crippen molar-refractivity contribution >= 4 is 27.5 Å². The van der Waals surface area contributed by atoms with Crippen molar-refractivity contribution in [1.82, 2.24) is 4.90 Å². The summed E-state index contributed by atoms with van der Waals surface area (Å²) < 4.78 is 37.9. The molecule has 0 heterocycles. The molecule has 36 heavy (non-hydrogen) atoms. The first-order chi connectivity index (χ1) is 17.0. The van der Waals surface area contributed by atoms with Gasteiger partial charge in [-0.1, -0.05) is 62.4 Å². The highest BCUT2D eigenvalue weighted by Gasteiger charge is 2.24. The highest BCUT2D eigenvalue weighted by atomic mass is 32.2. The van der Waals surface area contributed by atoms with Gasteiger partial charge in [-0.15, -0.1) is 0 Å². The standard InChI is InChI=1S/C26H29FN4O4S/c1-17(2)15-31(16-19-6-3-5-18(13-19)14-28)26(33)25(32)30-21-11-9-20(10-12-21)22-7-4-8-23(27)24(22)36(29,34)35/h3-13,17H,14-16,28H2,1-2H3,(H,30,32)(H2,29,34,35). The molecule has 5 N–H and O–H groups in total. The van der Waals surface area contributed by atoms with Crippen molar-refractivity contribution in [2.45, 2.75) is 31.8 Å². The monoisotopic (exact) mass is 512 g/mol. The number of primary sulfonamides is 1. The van der Waals surface area contributed by atoms with Gasteiger partial charge >= 0.3 is 11.8 Å². The van der Waals surface area contributed by atoms with Crippen molar-refractivity contribution in [2.24, 2.45) is 16.8 Å². The number of hydrogen-bond donors (Lipinski definition) is 3. The maximum Gasteiger partial charge on any atom is 0.313 e. The van der Waals surface area contributed by atoms with Crippen LogP contribution in [0, 0.1) is 11.7 Å². The molecule has 0 unspecified atom stereocenters. The highest BCUT2D eigenvalue weighted by molar-refractivity contribution is 7.89. The molecule has 3 rings (SSSR count). The second kappa shape index (κ2) is 11.4. The van der Waals surface area contributed by atoms with E-state index in [0.29, 0.717) is 24.3 Å². The fourth-order valence-electron chi connectivity index (χ4n) is 3.82. The molecule has 0 aliphatic carbocycles. The highest BCUT2D eigenvalue weighted by Crippen LogP contribution is 2.29. The van der Waals surface area contributed by atoms with Crippen LogP contribution in [0.15, 0.2) is 71.6 Å². The van der Waals surface area contributed by atoms with Crippen molar-refractivity contribution in [3.8, 4) is 11.1 Å². The van der Waals surface area contributed by atoms with E-state index in [1.54, 1.807) is 0 Å². The van der Waals surface area contributed by atoms with E-state index in [1.807, 2.05) is 38.1 Å². The number of rotatable bonds is 8. The van der Waals surface area contributed by atoms with Crippen LogP contribution in [0.5, 0.6) is 0 Å². The zero-order chi connectivity index (χ0) is 26.5. The second-order valence-corrected chi connectivity index (χ2v) is 10.3. The van der Waals surface area contributed by atoms with Crippen LogP contribution in [-0.2, 0) is 32.7 Å². The van der Waals surface area contributed by atoms with Crippen molar-refractivity contribution < 1.29 is 22.4 Å². The molecule has 190 valence electrons. The topological polar surface area (TPSA) is 136 Å². The lowest BCUT2D eigenvalue weighted by molar-refractivity contribution is -0.143. The van der Waals surface area contributed by atoms with Gasteiger partial charge in [0.05, 0.1) is 0 Å². The maximum atomic E-state index is 14.2. The van der Waals surface area contributed by atoms with Crippen molar-refractivity contribution in [2.75, 3.05) is 11.9 Å². The Balaban J connectivity index is 1.78. The molecule has 0 atom stereocenters. The third-order valence-corrected chi connectivity index (χ3v) is 6.36. The third kappa shape index (κ3) is 6.75. The minimum absolute atomic E-state index is 0.0919. The van der Waals surface area contributed by atoms with Crippen LogP contribution in [-0.4, -0.2) is 31.7 Å². The van der Waals surface area contributed by atoms with Gasteiger partial charge in [0.1, 0.15) is 10.7 Å². The minimum Gasteiger partial charge on any atom is -0.330 e. The van der Waals surface area contributed by atoms with Gasteiger partial charge < -0.3 is 16.0 Å². The van der Waals surface area contributed by atoms with Gasteiger partial charge in [-0.05, 0) is 40.8 Å². The Labute approximate surface area is 210 Å². The summed E-state index contributed by atoms with van der Waals surface area (Å²) in [6, 6.07) is 17.4. The molecule has 2 amide bonds. The summed E-state index contributed by atoms with van der Waals surface area (Å²) in [7, 11) is -4.30. The molecule has 0 aliphatic rings. The number of hydrogen-bond acceptors (Lipinski definition) is 5. The summed E-state index contributed by atoms with van der Waals surface area (Å²) in [4.78, 5) is 26.6. The summed E-state index contributed by atoms with van der Waals surface area (Å²) in [5.74, 6) is -2.32. The Bertz CT molecular complexity index is 1360. The average molecular weight is 513 g/mol. The fraction of sp³-hybridized carbons (Fsp3) is 0.231. The number of amides is 2. The molecule has 0 fully saturated rings. The van der Waals surface area contributed by atoms with Crippen LogP contribution in [0.3, 0.4) is 0 Å². The molecule has 10 heteroatoms. The summed E-state index contributed by atoms with van der Waals surface area (Å²) in [5.41, 5.74) is 8.29. The van der Waals surface area contributed by atoms with Gasteiger partial charge in [-0.25, -0.2) is 17.9 Å².